The summed E-state index contributed by atoms with van der Waals surface area (Å²) in [6.07, 6.45) is 0. The van der Waals surface area contributed by atoms with Crippen LogP contribution in [0.2, 0.25) is 0 Å². The molecule has 0 bridgehead atoms. The quantitative estimate of drug-likeness (QED) is 0.753. The molecule has 7 heteroatoms. The van der Waals surface area contributed by atoms with Gasteiger partial charge in [0.05, 0.1) is 23.3 Å². The fourth-order valence-electron chi connectivity index (χ4n) is 2.16. The van der Waals surface area contributed by atoms with Crippen LogP contribution in [0.15, 0.2) is 60.7 Å². The minimum Gasteiger partial charge on any atom is -0.339 e. The molecule has 1 aromatic heterocycles. The van der Waals surface area contributed by atoms with Gasteiger partial charge in [0.25, 0.3) is 5.91 Å². The smallest absolute Gasteiger partial charge is 0.276 e. The van der Waals surface area contributed by atoms with Crippen LogP contribution in [0.5, 0.6) is 0 Å². The van der Waals surface area contributed by atoms with Crippen molar-refractivity contribution in [3.05, 3.63) is 77.5 Å². The minimum atomic E-state index is -0.403. The molecule has 3 rings (SSSR count). The lowest BCUT2D eigenvalue weighted by atomic mass is 10.2. The van der Waals surface area contributed by atoms with E-state index in [1.165, 1.54) is 0 Å². The van der Waals surface area contributed by atoms with Crippen molar-refractivity contribution < 1.29 is 4.79 Å². The third-order valence-corrected chi connectivity index (χ3v) is 3.43. The standard InChI is InChI=1S/C19H12N6O/c20-11-13-4-6-15(7-5-13)23-19(26)17-8-9-18(25-24-17)22-16-3-1-2-14(10-16)12-21/h1-10H,(H,22,25)(H,23,26). The highest BCUT2D eigenvalue weighted by Gasteiger charge is 2.09. The Morgan fingerprint density at radius 2 is 1.62 bits per heavy atom. The van der Waals surface area contributed by atoms with Gasteiger partial charge in [-0.05, 0) is 54.6 Å². The maximum atomic E-state index is 12.2. The molecule has 7 nitrogen and oxygen atoms in total. The third-order valence-electron chi connectivity index (χ3n) is 3.43. The zero-order chi connectivity index (χ0) is 18.4. The van der Waals surface area contributed by atoms with Gasteiger partial charge < -0.3 is 10.6 Å². The molecule has 0 radical (unpaired) electrons. The molecule has 0 fully saturated rings. The Bertz CT molecular complexity index is 1010. The highest BCUT2D eigenvalue weighted by molar-refractivity contribution is 6.02. The lowest BCUT2D eigenvalue weighted by Crippen LogP contribution is -2.14. The van der Waals surface area contributed by atoms with Gasteiger partial charge in [-0.3, -0.25) is 4.79 Å². The highest BCUT2D eigenvalue weighted by Crippen LogP contribution is 2.16. The maximum absolute atomic E-state index is 12.2. The number of carbonyl (C=O) groups excluding carboxylic acids is 1. The molecule has 2 aromatic carbocycles. The first kappa shape index (κ1) is 16.6. The number of anilines is 3. The Morgan fingerprint density at radius 1 is 0.846 bits per heavy atom. The number of nitrogens with one attached hydrogen (secondary N) is 2. The van der Waals surface area contributed by atoms with Gasteiger partial charge in [-0.15, -0.1) is 10.2 Å². The van der Waals surface area contributed by atoms with E-state index < -0.39 is 5.91 Å². The summed E-state index contributed by atoms with van der Waals surface area (Å²) in [7, 11) is 0. The Kier molecular flexibility index (Phi) is 4.83. The van der Waals surface area contributed by atoms with Crippen molar-refractivity contribution in [3.8, 4) is 12.1 Å². The molecule has 0 aliphatic rings. The van der Waals surface area contributed by atoms with E-state index in [2.05, 4.69) is 26.9 Å². The van der Waals surface area contributed by atoms with Crippen LogP contribution < -0.4 is 10.6 Å². The average molecular weight is 340 g/mol. The topological polar surface area (TPSA) is 114 Å². The first-order chi connectivity index (χ1) is 12.7. The summed E-state index contributed by atoms with van der Waals surface area (Å²) in [6.45, 7) is 0. The first-order valence-corrected chi connectivity index (χ1v) is 7.60. The van der Waals surface area contributed by atoms with Gasteiger partial charge in [0.2, 0.25) is 0 Å². The molecule has 26 heavy (non-hydrogen) atoms. The van der Waals surface area contributed by atoms with Crippen molar-refractivity contribution in [1.82, 2.24) is 10.2 Å². The summed E-state index contributed by atoms with van der Waals surface area (Å²) >= 11 is 0. The van der Waals surface area contributed by atoms with Gasteiger partial charge in [0.1, 0.15) is 0 Å². The molecule has 0 unspecified atom stereocenters. The van der Waals surface area contributed by atoms with E-state index in [-0.39, 0.29) is 5.69 Å². The molecular formula is C19H12N6O. The molecule has 0 spiro atoms. The molecule has 0 saturated heterocycles. The number of hydrogen-bond acceptors (Lipinski definition) is 6. The number of amides is 1. The second-order valence-corrected chi connectivity index (χ2v) is 5.26. The number of carbonyl (C=O) groups is 1. The predicted octanol–water partition coefficient (Wildman–Crippen LogP) is 3.22. The van der Waals surface area contributed by atoms with Gasteiger partial charge in [0.15, 0.2) is 11.5 Å². The molecule has 2 N–H and O–H groups in total. The monoisotopic (exact) mass is 340 g/mol. The largest absolute Gasteiger partial charge is 0.339 e. The number of nitrogens with zero attached hydrogens (tertiary/aromatic N) is 4. The van der Waals surface area contributed by atoms with E-state index in [0.29, 0.717) is 28.3 Å². The molecule has 1 heterocycles. The number of nitriles is 2. The maximum Gasteiger partial charge on any atom is 0.276 e. The minimum absolute atomic E-state index is 0.158. The van der Waals surface area contributed by atoms with Crippen LogP contribution in [-0.2, 0) is 0 Å². The summed E-state index contributed by atoms with van der Waals surface area (Å²) in [6, 6.07) is 20.7. The Labute approximate surface area is 149 Å². The lowest BCUT2D eigenvalue weighted by Gasteiger charge is -2.07. The molecular weight excluding hydrogens is 328 g/mol. The van der Waals surface area contributed by atoms with Crippen LogP contribution in [0, 0.1) is 22.7 Å². The Balaban J connectivity index is 1.67. The Hall–Kier alpha value is -4.23. The van der Waals surface area contributed by atoms with Gasteiger partial charge in [-0.25, -0.2) is 0 Å². The summed E-state index contributed by atoms with van der Waals surface area (Å²) in [5.41, 5.74) is 2.46. The summed E-state index contributed by atoms with van der Waals surface area (Å²) < 4.78 is 0. The molecule has 0 aliphatic heterocycles. The highest BCUT2D eigenvalue weighted by atomic mass is 16.1. The molecule has 0 atom stereocenters. The SMILES string of the molecule is N#Cc1ccc(NC(=O)c2ccc(Nc3cccc(C#N)c3)nn2)cc1. The molecule has 1 amide bonds. The fraction of sp³-hybridized carbons (Fsp3) is 0. The third kappa shape index (κ3) is 3.99. The van der Waals surface area contributed by atoms with Crippen molar-refractivity contribution >= 4 is 23.1 Å². The number of aromatic nitrogens is 2. The number of hydrogen-bond donors (Lipinski definition) is 2. The predicted molar refractivity (Wildman–Crippen MR) is 95.6 cm³/mol. The van der Waals surface area contributed by atoms with Crippen LogP contribution in [0.1, 0.15) is 21.6 Å². The van der Waals surface area contributed by atoms with E-state index in [4.69, 9.17) is 10.5 Å². The van der Waals surface area contributed by atoms with E-state index in [9.17, 15) is 4.79 Å². The van der Waals surface area contributed by atoms with Crippen LogP contribution in [0.25, 0.3) is 0 Å². The number of benzene rings is 2. The van der Waals surface area contributed by atoms with Crippen LogP contribution >= 0.6 is 0 Å². The van der Waals surface area contributed by atoms with Crippen molar-refractivity contribution in [2.24, 2.45) is 0 Å². The molecule has 0 aliphatic carbocycles. The van der Waals surface area contributed by atoms with Crippen molar-refractivity contribution in [1.29, 1.82) is 10.5 Å². The molecule has 3 aromatic rings. The zero-order valence-electron chi connectivity index (χ0n) is 13.5. The van der Waals surface area contributed by atoms with Crippen molar-refractivity contribution in [2.75, 3.05) is 10.6 Å². The van der Waals surface area contributed by atoms with Crippen molar-refractivity contribution in [3.63, 3.8) is 0 Å². The summed E-state index contributed by atoms with van der Waals surface area (Å²) in [4.78, 5) is 12.2. The lowest BCUT2D eigenvalue weighted by molar-refractivity contribution is 0.102. The fourth-order valence-corrected chi connectivity index (χ4v) is 2.16. The van der Waals surface area contributed by atoms with Gasteiger partial charge in [0, 0.05) is 11.4 Å². The van der Waals surface area contributed by atoms with Gasteiger partial charge in [-0.2, -0.15) is 10.5 Å². The number of rotatable bonds is 4. The average Bonchev–Trinajstić information content (AvgIpc) is 2.69. The van der Waals surface area contributed by atoms with E-state index >= 15 is 0 Å². The second-order valence-electron chi connectivity index (χ2n) is 5.26. The molecule has 124 valence electrons. The van der Waals surface area contributed by atoms with Crippen molar-refractivity contribution in [2.45, 2.75) is 0 Å². The second kappa shape index (κ2) is 7.56. The van der Waals surface area contributed by atoms with Gasteiger partial charge in [-0.1, -0.05) is 6.07 Å². The van der Waals surface area contributed by atoms with E-state index in [1.807, 2.05) is 6.07 Å². The van der Waals surface area contributed by atoms with Crippen LogP contribution in [-0.4, -0.2) is 16.1 Å². The van der Waals surface area contributed by atoms with Crippen LogP contribution in [0.3, 0.4) is 0 Å². The zero-order valence-corrected chi connectivity index (χ0v) is 13.5. The van der Waals surface area contributed by atoms with E-state index in [1.54, 1.807) is 60.7 Å². The van der Waals surface area contributed by atoms with E-state index in [0.717, 1.165) is 0 Å². The van der Waals surface area contributed by atoms with Gasteiger partial charge >= 0.3 is 0 Å². The summed E-state index contributed by atoms with van der Waals surface area (Å²) in [5.74, 6) is 0.0512. The molecule has 0 saturated carbocycles. The Morgan fingerprint density at radius 3 is 2.27 bits per heavy atom. The first-order valence-electron chi connectivity index (χ1n) is 7.60. The van der Waals surface area contributed by atoms with Crippen LogP contribution in [0.4, 0.5) is 17.2 Å². The summed E-state index contributed by atoms with van der Waals surface area (Å²) in [5, 5.41) is 31.3. The normalized spacial score (nSPS) is 9.62.